The molecule has 0 spiro atoms. The van der Waals surface area contributed by atoms with E-state index in [-0.39, 0.29) is 0 Å². The molecule has 1 nitrogen and oxygen atoms in total. The molecule has 0 rings (SSSR count). The Morgan fingerprint density at radius 2 is 0.463 bits per heavy atom. The lowest BCUT2D eigenvalue weighted by atomic mass is 9.89. The van der Waals surface area contributed by atoms with E-state index in [9.17, 15) is 4.80 Å². The Kier molecular flexibility index (Phi) is 23.6. The summed E-state index contributed by atoms with van der Waals surface area (Å²) in [6.45, 7) is 21.2. The second-order valence-corrected chi connectivity index (χ2v) is 21.7. The average molecular weight is 594 g/mol. The fourth-order valence-corrected chi connectivity index (χ4v) is 9.77. The lowest BCUT2D eigenvalue weighted by molar-refractivity contribution is 0.356. The topological polar surface area (TPSA) is 19.9 Å². The van der Waals surface area contributed by atoms with Gasteiger partial charge >= 0.3 is 0 Å². The van der Waals surface area contributed by atoms with Crippen molar-refractivity contribution in [3.05, 3.63) is 0 Å². The van der Waals surface area contributed by atoms with Crippen molar-refractivity contribution in [1.82, 2.24) is 0 Å². The Balaban J connectivity index is 4.20. The van der Waals surface area contributed by atoms with Crippen LogP contribution in [0, 0.1) is 16.2 Å². The van der Waals surface area contributed by atoms with Crippen molar-refractivity contribution in [2.24, 2.45) is 16.2 Å². The van der Waals surface area contributed by atoms with Crippen LogP contribution in [-0.2, 0) is 4.80 Å². The fraction of sp³-hybridized carbons (Fsp3) is 1.00. The highest BCUT2D eigenvalue weighted by atomic mass is 28.4. The van der Waals surface area contributed by atoms with Gasteiger partial charge in [-0.2, -0.15) is 0 Å². The first kappa shape index (κ1) is 41.2. The third-order valence-electron chi connectivity index (χ3n) is 9.18. The molecule has 41 heavy (non-hydrogen) atoms. The Hall–Kier alpha value is 0.177. The molecule has 0 bridgehead atoms. The Morgan fingerprint density at radius 3 is 0.659 bits per heavy atom. The first-order valence-corrected chi connectivity index (χ1v) is 21.4. The van der Waals surface area contributed by atoms with Gasteiger partial charge in [0.05, 0.1) is 0 Å². The molecular formula is C39H81OSi. The molecule has 0 heterocycles. The van der Waals surface area contributed by atoms with Crippen LogP contribution in [0.4, 0.5) is 0 Å². The van der Waals surface area contributed by atoms with Gasteiger partial charge < -0.3 is 0 Å². The Morgan fingerprint density at radius 1 is 0.293 bits per heavy atom. The number of rotatable bonds is 27. The van der Waals surface area contributed by atoms with Crippen molar-refractivity contribution in [2.45, 2.75) is 235 Å². The van der Waals surface area contributed by atoms with Crippen LogP contribution in [0.25, 0.3) is 0 Å². The quantitative estimate of drug-likeness (QED) is 0.0666. The number of hydrogen-bond acceptors (Lipinski definition) is 0. The van der Waals surface area contributed by atoms with Crippen LogP contribution in [-0.4, -0.2) is 8.32 Å². The standard InChI is InChI=1S/C39H81OSi/c1-37(2,3)31-25-19-13-10-16-22-28-34-41(40,35-29-23-17-11-14-20-26-32-38(4,5)6)36-30-24-18-12-15-21-27-33-39(7,8)9/h10-36H2,1-9H3. The van der Waals surface area contributed by atoms with Crippen LogP contribution < -0.4 is 0 Å². The minimum atomic E-state index is -2.31. The average Bonchev–Trinajstić information content (AvgIpc) is 2.84. The molecule has 0 aromatic carbocycles. The van der Waals surface area contributed by atoms with Gasteiger partial charge in [0.1, 0.15) is 0 Å². The molecule has 247 valence electrons. The van der Waals surface area contributed by atoms with Gasteiger partial charge in [0, 0.05) is 0 Å². The van der Waals surface area contributed by atoms with Gasteiger partial charge in [-0.1, -0.05) is 197 Å². The maximum Gasteiger partial charge on any atom is 0.237 e. The van der Waals surface area contributed by atoms with E-state index in [4.69, 9.17) is 0 Å². The predicted octanol–water partition coefficient (Wildman–Crippen LogP) is 14.9. The van der Waals surface area contributed by atoms with Gasteiger partial charge in [-0.15, -0.1) is 0 Å². The lowest BCUT2D eigenvalue weighted by Gasteiger charge is -2.23. The highest BCUT2D eigenvalue weighted by Gasteiger charge is 2.31. The van der Waals surface area contributed by atoms with E-state index in [1.165, 1.54) is 154 Å². The maximum absolute atomic E-state index is 14.0. The number of hydrogen-bond donors (Lipinski definition) is 0. The highest BCUT2D eigenvalue weighted by molar-refractivity contribution is 6.72. The van der Waals surface area contributed by atoms with Crippen molar-refractivity contribution >= 4 is 8.32 Å². The van der Waals surface area contributed by atoms with Crippen LogP contribution in [0.5, 0.6) is 0 Å². The monoisotopic (exact) mass is 594 g/mol. The van der Waals surface area contributed by atoms with Crippen LogP contribution in [0.3, 0.4) is 0 Å². The molecule has 0 atom stereocenters. The van der Waals surface area contributed by atoms with Crippen molar-refractivity contribution < 1.29 is 4.80 Å². The van der Waals surface area contributed by atoms with Crippen molar-refractivity contribution in [2.75, 3.05) is 0 Å². The summed E-state index contributed by atoms with van der Waals surface area (Å²) in [6.07, 6.45) is 32.3. The van der Waals surface area contributed by atoms with Gasteiger partial charge in [0.2, 0.25) is 8.32 Å². The van der Waals surface area contributed by atoms with Gasteiger partial charge in [-0.3, -0.25) is 4.80 Å². The highest BCUT2D eigenvalue weighted by Crippen LogP contribution is 2.29. The zero-order valence-corrected chi connectivity index (χ0v) is 31.5. The molecule has 0 aliphatic rings. The van der Waals surface area contributed by atoms with E-state index in [2.05, 4.69) is 62.3 Å². The summed E-state index contributed by atoms with van der Waals surface area (Å²) in [5, 5.41) is 0. The summed E-state index contributed by atoms with van der Waals surface area (Å²) in [6, 6.07) is 3.20. The summed E-state index contributed by atoms with van der Waals surface area (Å²) < 4.78 is 0. The molecule has 0 unspecified atom stereocenters. The van der Waals surface area contributed by atoms with E-state index < -0.39 is 8.32 Å². The molecule has 0 aliphatic carbocycles. The van der Waals surface area contributed by atoms with Crippen LogP contribution in [0.15, 0.2) is 0 Å². The van der Waals surface area contributed by atoms with Gasteiger partial charge in [-0.25, -0.2) is 0 Å². The summed E-state index contributed by atoms with van der Waals surface area (Å²) in [5.41, 5.74) is 1.46. The molecule has 0 amide bonds. The second kappa shape index (κ2) is 23.5. The SMILES string of the molecule is CC(C)(C)CCCCCCCCC[Si]([O])(CCCCCCCCCC(C)(C)C)CCCCCCCCCC(C)(C)C. The summed E-state index contributed by atoms with van der Waals surface area (Å²) in [7, 11) is -2.31. The number of unbranched alkanes of at least 4 members (excludes halogenated alkanes) is 18. The third-order valence-corrected chi connectivity index (χ3v) is 13.0. The largest absolute Gasteiger partial charge is 0.297 e. The maximum atomic E-state index is 14.0. The molecule has 1 radical (unpaired) electrons. The minimum absolute atomic E-state index is 0.486. The molecule has 0 aliphatic heterocycles. The second-order valence-electron chi connectivity index (χ2n) is 17.8. The molecular weight excluding hydrogens is 513 g/mol. The van der Waals surface area contributed by atoms with E-state index in [0.29, 0.717) is 16.2 Å². The predicted molar refractivity (Wildman–Crippen MR) is 190 cm³/mol. The Bertz CT molecular complexity index is 483. The van der Waals surface area contributed by atoms with Gasteiger partial charge in [-0.05, 0) is 53.6 Å². The zero-order valence-electron chi connectivity index (χ0n) is 30.5. The summed E-state index contributed by atoms with van der Waals surface area (Å²) in [4.78, 5) is 14.0. The molecule has 0 fully saturated rings. The lowest BCUT2D eigenvalue weighted by Crippen LogP contribution is -2.32. The smallest absolute Gasteiger partial charge is 0.237 e. The van der Waals surface area contributed by atoms with E-state index >= 15 is 0 Å². The first-order chi connectivity index (χ1) is 19.1. The molecule has 0 aromatic heterocycles. The normalized spacial score (nSPS) is 13.3. The molecule has 0 saturated heterocycles. The van der Waals surface area contributed by atoms with Crippen molar-refractivity contribution in [3.8, 4) is 0 Å². The zero-order chi connectivity index (χ0) is 31.1. The van der Waals surface area contributed by atoms with E-state index in [1.54, 1.807) is 0 Å². The van der Waals surface area contributed by atoms with Gasteiger partial charge in [0.25, 0.3) is 0 Å². The van der Waals surface area contributed by atoms with E-state index in [0.717, 1.165) is 18.1 Å². The molecule has 0 N–H and O–H groups in total. The van der Waals surface area contributed by atoms with Crippen molar-refractivity contribution in [1.29, 1.82) is 0 Å². The molecule has 2 heteroatoms. The summed E-state index contributed by atoms with van der Waals surface area (Å²) >= 11 is 0. The van der Waals surface area contributed by atoms with Crippen LogP contribution in [0.2, 0.25) is 18.1 Å². The van der Waals surface area contributed by atoms with E-state index in [1.807, 2.05) is 0 Å². The fourth-order valence-electron chi connectivity index (χ4n) is 6.33. The summed E-state index contributed by atoms with van der Waals surface area (Å²) in [5.74, 6) is 0. The molecule has 0 aromatic rings. The van der Waals surface area contributed by atoms with Crippen LogP contribution >= 0.6 is 0 Å². The van der Waals surface area contributed by atoms with Crippen LogP contribution in [0.1, 0.15) is 216 Å². The minimum Gasteiger partial charge on any atom is -0.297 e. The van der Waals surface area contributed by atoms with Crippen molar-refractivity contribution in [3.63, 3.8) is 0 Å². The van der Waals surface area contributed by atoms with Gasteiger partial charge in [0.15, 0.2) is 0 Å². The Labute approximate surface area is 263 Å². The third kappa shape index (κ3) is 32.9. The molecule has 0 saturated carbocycles. The first-order valence-electron chi connectivity index (χ1n) is 18.8.